The molecule has 0 bridgehead atoms. The first-order chi connectivity index (χ1) is 13.0. The standard InChI is InChI=1S/C23H22ClNO2/c1-16-8-3-5-12-21(16)17(2)25-23(26)18-10-7-11-20(14-18)27-15-19-9-4-6-13-22(19)24/h3-14,17H,15H2,1-2H3,(H,25,26). The highest BCUT2D eigenvalue weighted by Crippen LogP contribution is 2.21. The van der Waals surface area contributed by atoms with Crippen molar-refractivity contribution in [2.45, 2.75) is 26.5 Å². The van der Waals surface area contributed by atoms with Gasteiger partial charge in [-0.25, -0.2) is 0 Å². The van der Waals surface area contributed by atoms with E-state index < -0.39 is 0 Å². The zero-order chi connectivity index (χ0) is 19.2. The molecular formula is C23H22ClNO2. The Morgan fingerprint density at radius 1 is 1.04 bits per heavy atom. The third kappa shape index (κ3) is 4.89. The van der Waals surface area contributed by atoms with Gasteiger partial charge in [0.05, 0.1) is 6.04 Å². The predicted octanol–water partition coefficient (Wildman–Crippen LogP) is 5.72. The van der Waals surface area contributed by atoms with E-state index in [1.807, 2.05) is 74.5 Å². The maximum absolute atomic E-state index is 12.6. The smallest absolute Gasteiger partial charge is 0.251 e. The maximum Gasteiger partial charge on any atom is 0.251 e. The molecule has 0 radical (unpaired) electrons. The number of carbonyl (C=O) groups is 1. The van der Waals surface area contributed by atoms with Crippen molar-refractivity contribution in [1.29, 1.82) is 0 Å². The Bertz CT molecular complexity index is 939. The predicted molar refractivity (Wildman–Crippen MR) is 109 cm³/mol. The van der Waals surface area contributed by atoms with E-state index in [1.165, 1.54) is 0 Å². The number of nitrogens with one attached hydrogen (secondary N) is 1. The van der Waals surface area contributed by atoms with Crippen molar-refractivity contribution in [2.75, 3.05) is 0 Å². The molecule has 0 aliphatic carbocycles. The number of hydrogen-bond donors (Lipinski definition) is 1. The molecule has 0 aromatic heterocycles. The molecule has 1 unspecified atom stereocenters. The lowest BCUT2D eigenvalue weighted by Gasteiger charge is -2.17. The van der Waals surface area contributed by atoms with E-state index in [1.54, 1.807) is 12.1 Å². The van der Waals surface area contributed by atoms with Crippen LogP contribution in [-0.4, -0.2) is 5.91 Å². The van der Waals surface area contributed by atoms with Crippen molar-refractivity contribution in [1.82, 2.24) is 5.32 Å². The Kier molecular flexibility index (Phi) is 6.15. The summed E-state index contributed by atoms with van der Waals surface area (Å²) in [6.07, 6.45) is 0. The molecule has 0 aliphatic rings. The zero-order valence-corrected chi connectivity index (χ0v) is 16.2. The van der Waals surface area contributed by atoms with Gasteiger partial charge in [0.1, 0.15) is 12.4 Å². The summed E-state index contributed by atoms with van der Waals surface area (Å²) in [5, 5.41) is 3.71. The quantitative estimate of drug-likeness (QED) is 0.595. The van der Waals surface area contributed by atoms with Crippen molar-refractivity contribution in [3.05, 3.63) is 100 Å². The van der Waals surface area contributed by atoms with Gasteiger partial charge in [-0.15, -0.1) is 0 Å². The van der Waals surface area contributed by atoms with Crippen LogP contribution in [0.25, 0.3) is 0 Å². The average molecular weight is 380 g/mol. The van der Waals surface area contributed by atoms with Crippen LogP contribution < -0.4 is 10.1 Å². The molecule has 1 atom stereocenters. The van der Waals surface area contributed by atoms with Crippen molar-refractivity contribution in [3.63, 3.8) is 0 Å². The second-order valence-corrected chi connectivity index (χ2v) is 6.87. The number of hydrogen-bond acceptors (Lipinski definition) is 2. The van der Waals surface area contributed by atoms with E-state index in [-0.39, 0.29) is 11.9 Å². The first-order valence-electron chi connectivity index (χ1n) is 8.87. The number of carbonyl (C=O) groups excluding carboxylic acids is 1. The van der Waals surface area contributed by atoms with Gasteiger partial charge in [0.15, 0.2) is 0 Å². The van der Waals surface area contributed by atoms with Crippen LogP contribution in [0.2, 0.25) is 5.02 Å². The number of aryl methyl sites for hydroxylation is 1. The summed E-state index contributed by atoms with van der Waals surface area (Å²) in [5.41, 5.74) is 3.73. The molecular weight excluding hydrogens is 358 g/mol. The fraction of sp³-hybridized carbons (Fsp3) is 0.174. The van der Waals surface area contributed by atoms with Gasteiger partial charge < -0.3 is 10.1 Å². The van der Waals surface area contributed by atoms with Crippen LogP contribution in [-0.2, 0) is 6.61 Å². The molecule has 3 rings (SSSR count). The van der Waals surface area contributed by atoms with Crippen LogP contribution in [0.15, 0.2) is 72.8 Å². The highest BCUT2D eigenvalue weighted by Gasteiger charge is 2.13. The third-order valence-corrected chi connectivity index (χ3v) is 4.82. The van der Waals surface area contributed by atoms with E-state index in [2.05, 4.69) is 5.32 Å². The average Bonchev–Trinajstić information content (AvgIpc) is 2.68. The molecule has 0 saturated heterocycles. The largest absolute Gasteiger partial charge is 0.489 e. The lowest BCUT2D eigenvalue weighted by Crippen LogP contribution is -2.27. The summed E-state index contributed by atoms with van der Waals surface area (Å²) in [6, 6.07) is 22.7. The van der Waals surface area contributed by atoms with Crippen molar-refractivity contribution >= 4 is 17.5 Å². The van der Waals surface area contributed by atoms with Crippen LogP contribution in [0.5, 0.6) is 5.75 Å². The SMILES string of the molecule is Cc1ccccc1C(C)NC(=O)c1cccc(OCc2ccccc2Cl)c1. The minimum atomic E-state index is -0.131. The Morgan fingerprint density at radius 2 is 1.78 bits per heavy atom. The van der Waals surface area contributed by atoms with E-state index in [0.717, 1.165) is 16.7 Å². The summed E-state index contributed by atoms with van der Waals surface area (Å²) in [7, 11) is 0. The maximum atomic E-state index is 12.6. The Labute approximate surface area is 164 Å². The number of benzene rings is 3. The minimum Gasteiger partial charge on any atom is -0.489 e. The number of amides is 1. The molecule has 0 spiro atoms. The van der Waals surface area contributed by atoms with Crippen LogP contribution in [0.1, 0.15) is 40.0 Å². The van der Waals surface area contributed by atoms with Gasteiger partial charge >= 0.3 is 0 Å². The molecule has 4 heteroatoms. The van der Waals surface area contributed by atoms with Crippen LogP contribution in [0.3, 0.4) is 0 Å². The van der Waals surface area contributed by atoms with E-state index in [0.29, 0.717) is 22.9 Å². The molecule has 1 N–H and O–H groups in total. The highest BCUT2D eigenvalue weighted by molar-refractivity contribution is 6.31. The molecule has 0 heterocycles. The normalized spacial score (nSPS) is 11.7. The van der Waals surface area contributed by atoms with Crippen LogP contribution in [0.4, 0.5) is 0 Å². The molecule has 0 saturated carbocycles. The molecule has 1 amide bonds. The lowest BCUT2D eigenvalue weighted by atomic mass is 10.0. The van der Waals surface area contributed by atoms with Gasteiger partial charge in [-0.05, 0) is 49.2 Å². The van der Waals surface area contributed by atoms with Gasteiger partial charge in [-0.1, -0.05) is 60.1 Å². The summed E-state index contributed by atoms with van der Waals surface area (Å²) < 4.78 is 5.81. The number of ether oxygens (including phenoxy) is 1. The van der Waals surface area contributed by atoms with Crippen molar-refractivity contribution in [3.8, 4) is 5.75 Å². The zero-order valence-electron chi connectivity index (χ0n) is 15.4. The molecule has 3 aromatic rings. The van der Waals surface area contributed by atoms with Crippen LogP contribution in [0, 0.1) is 6.92 Å². The van der Waals surface area contributed by atoms with Gasteiger partial charge in [-0.3, -0.25) is 4.79 Å². The summed E-state index contributed by atoms with van der Waals surface area (Å²) in [4.78, 5) is 12.6. The van der Waals surface area contributed by atoms with Crippen LogP contribution >= 0.6 is 11.6 Å². The van der Waals surface area contributed by atoms with Crippen molar-refractivity contribution < 1.29 is 9.53 Å². The number of halogens is 1. The Balaban J connectivity index is 1.67. The Hall–Kier alpha value is -2.78. The molecule has 0 fully saturated rings. The van der Waals surface area contributed by atoms with Crippen molar-refractivity contribution in [2.24, 2.45) is 0 Å². The van der Waals surface area contributed by atoms with E-state index in [9.17, 15) is 4.79 Å². The molecule has 3 nitrogen and oxygen atoms in total. The van der Waals surface area contributed by atoms with Gasteiger partial charge in [0, 0.05) is 16.1 Å². The fourth-order valence-corrected chi connectivity index (χ4v) is 3.12. The molecule has 138 valence electrons. The Morgan fingerprint density at radius 3 is 2.56 bits per heavy atom. The molecule has 27 heavy (non-hydrogen) atoms. The van der Waals surface area contributed by atoms with E-state index >= 15 is 0 Å². The topological polar surface area (TPSA) is 38.3 Å². The first kappa shape index (κ1) is 19.0. The van der Waals surface area contributed by atoms with Gasteiger partial charge in [-0.2, -0.15) is 0 Å². The second kappa shape index (κ2) is 8.74. The van der Waals surface area contributed by atoms with Gasteiger partial charge in [0.25, 0.3) is 5.91 Å². The monoisotopic (exact) mass is 379 g/mol. The summed E-state index contributed by atoms with van der Waals surface area (Å²) in [5.74, 6) is 0.500. The molecule has 3 aromatic carbocycles. The summed E-state index contributed by atoms with van der Waals surface area (Å²) in [6.45, 7) is 4.38. The summed E-state index contributed by atoms with van der Waals surface area (Å²) >= 11 is 6.16. The third-order valence-electron chi connectivity index (χ3n) is 4.45. The highest BCUT2D eigenvalue weighted by atomic mass is 35.5. The second-order valence-electron chi connectivity index (χ2n) is 6.46. The lowest BCUT2D eigenvalue weighted by molar-refractivity contribution is 0.0939. The van der Waals surface area contributed by atoms with E-state index in [4.69, 9.17) is 16.3 Å². The first-order valence-corrected chi connectivity index (χ1v) is 9.25. The fourth-order valence-electron chi connectivity index (χ4n) is 2.93. The molecule has 0 aliphatic heterocycles. The minimum absolute atomic E-state index is 0.0774. The number of rotatable bonds is 6. The van der Waals surface area contributed by atoms with Gasteiger partial charge in [0.2, 0.25) is 0 Å².